The van der Waals surface area contributed by atoms with E-state index >= 15 is 0 Å². The zero-order chi connectivity index (χ0) is 14.2. The molecule has 1 heterocycles. The Bertz CT molecular complexity index is 532. The van der Waals surface area contributed by atoms with Crippen LogP contribution in [0.15, 0.2) is 18.2 Å². The number of hydrogen-bond acceptors (Lipinski definition) is 2. The van der Waals surface area contributed by atoms with E-state index in [1.807, 2.05) is 0 Å². The molecule has 1 aliphatic heterocycles. The summed E-state index contributed by atoms with van der Waals surface area (Å²) in [6.07, 6.45) is 3.06. The lowest BCUT2D eigenvalue weighted by atomic mass is 9.92. The summed E-state index contributed by atoms with van der Waals surface area (Å²) in [7, 11) is 0. The van der Waals surface area contributed by atoms with E-state index in [1.165, 1.54) is 6.07 Å². The normalized spacial score (nSPS) is 22.5. The number of benzene rings is 1. The third kappa shape index (κ3) is 3.35. The molecule has 116 valence electrons. The molecule has 1 unspecified atom stereocenters. The average molecular weight is 317 g/mol. The van der Waals surface area contributed by atoms with Crippen molar-refractivity contribution in [1.82, 2.24) is 10.6 Å². The largest absolute Gasteiger partial charge is 0.352 e. The van der Waals surface area contributed by atoms with Crippen molar-refractivity contribution in [2.45, 2.75) is 25.8 Å². The molecule has 0 bridgehead atoms. The van der Waals surface area contributed by atoms with E-state index in [2.05, 4.69) is 10.6 Å². The molecule has 6 heteroatoms. The van der Waals surface area contributed by atoms with E-state index in [9.17, 15) is 13.6 Å². The first-order valence-corrected chi connectivity index (χ1v) is 7.03. The fourth-order valence-electron chi connectivity index (χ4n) is 3.16. The number of nitrogens with one attached hydrogen (secondary N) is 2. The highest BCUT2D eigenvalue weighted by molar-refractivity contribution is 5.85. The van der Waals surface area contributed by atoms with Gasteiger partial charge in [-0.2, -0.15) is 0 Å². The van der Waals surface area contributed by atoms with Crippen LogP contribution in [0.1, 0.15) is 24.8 Å². The molecule has 3 rings (SSSR count). The Morgan fingerprint density at radius 1 is 1.29 bits per heavy atom. The maximum absolute atomic E-state index is 13.1. The van der Waals surface area contributed by atoms with Crippen LogP contribution in [0.4, 0.5) is 8.78 Å². The number of piperidine rings is 1. The molecule has 1 aromatic carbocycles. The molecule has 1 saturated heterocycles. The summed E-state index contributed by atoms with van der Waals surface area (Å²) < 4.78 is 25.9. The van der Waals surface area contributed by atoms with Crippen LogP contribution >= 0.6 is 12.4 Å². The van der Waals surface area contributed by atoms with Crippen molar-refractivity contribution in [3.05, 3.63) is 35.4 Å². The van der Waals surface area contributed by atoms with Crippen LogP contribution < -0.4 is 10.6 Å². The lowest BCUT2D eigenvalue weighted by molar-refractivity contribution is -0.123. The maximum atomic E-state index is 13.1. The van der Waals surface area contributed by atoms with Gasteiger partial charge < -0.3 is 10.6 Å². The summed E-state index contributed by atoms with van der Waals surface area (Å²) in [6, 6.07) is 3.71. The van der Waals surface area contributed by atoms with Crippen LogP contribution in [-0.4, -0.2) is 19.0 Å². The number of halogens is 3. The summed E-state index contributed by atoms with van der Waals surface area (Å²) in [5.41, 5.74) is 0.779. The first-order chi connectivity index (χ1) is 9.61. The van der Waals surface area contributed by atoms with Gasteiger partial charge in [-0.1, -0.05) is 6.07 Å². The summed E-state index contributed by atoms with van der Waals surface area (Å²) in [6.45, 7) is 2.21. The third-order valence-corrected chi connectivity index (χ3v) is 4.56. The quantitative estimate of drug-likeness (QED) is 0.899. The highest BCUT2D eigenvalue weighted by Gasteiger charge is 2.57. The highest BCUT2D eigenvalue weighted by Crippen LogP contribution is 2.58. The Morgan fingerprint density at radius 3 is 2.67 bits per heavy atom. The van der Waals surface area contributed by atoms with E-state index in [0.717, 1.165) is 44.5 Å². The third-order valence-electron chi connectivity index (χ3n) is 4.56. The van der Waals surface area contributed by atoms with Crippen molar-refractivity contribution >= 4 is 18.3 Å². The summed E-state index contributed by atoms with van der Waals surface area (Å²) in [5.74, 6) is -1.61. The molecule has 1 atom stereocenters. The molecule has 2 aliphatic rings. The maximum Gasteiger partial charge on any atom is 0.223 e. The fourth-order valence-corrected chi connectivity index (χ4v) is 3.16. The fraction of sp³-hybridized carbons (Fsp3) is 0.533. The monoisotopic (exact) mass is 316 g/mol. The van der Waals surface area contributed by atoms with Gasteiger partial charge in [0.15, 0.2) is 11.6 Å². The zero-order valence-electron chi connectivity index (χ0n) is 11.6. The van der Waals surface area contributed by atoms with Gasteiger partial charge in [-0.05, 0) is 55.5 Å². The molecule has 1 amide bonds. The van der Waals surface area contributed by atoms with Gasteiger partial charge >= 0.3 is 0 Å². The van der Waals surface area contributed by atoms with Gasteiger partial charge in [0, 0.05) is 12.5 Å². The van der Waals surface area contributed by atoms with Crippen LogP contribution in [-0.2, 0) is 11.3 Å². The lowest BCUT2D eigenvalue weighted by Gasteiger charge is -2.23. The molecule has 21 heavy (non-hydrogen) atoms. The van der Waals surface area contributed by atoms with E-state index in [0.29, 0.717) is 5.56 Å². The molecule has 2 N–H and O–H groups in total. The second-order valence-electron chi connectivity index (χ2n) is 5.84. The molecular weight excluding hydrogens is 298 g/mol. The number of amides is 1. The highest BCUT2D eigenvalue weighted by atomic mass is 35.5. The van der Waals surface area contributed by atoms with E-state index in [-0.39, 0.29) is 36.2 Å². The number of carbonyl (C=O) groups is 1. The second kappa shape index (κ2) is 6.28. The van der Waals surface area contributed by atoms with E-state index in [1.54, 1.807) is 0 Å². The SMILES string of the molecule is Cl.O=C(NCc1ccc(F)c(F)c1)C1CC12CCNCC2. The molecule has 1 saturated carbocycles. The van der Waals surface area contributed by atoms with Gasteiger partial charge in [0.25, 0.3) is 0 Å². The smallest absolute Gasteiger partial charge is 0.223 e. The standard InChI is InChI=1S/C15H18F2N2O.ClH/c16-12-2-1-10(7-13(12)17)9-19-14(20)11-8-15(11)3-5-18-6-4-15;/h1-2,7,11,18H,3-6,8-9H2,(H,19,20);1H. The van der Waals surface area contributed by atoms with Crippen molar-refractivity contribution in [2.75, 3.05) is 13.1 Å². The van der Waals surface area contributed by atoms with Gasteiger partial charge in [0.2, 0.25) is 5.91 Å². The predicted octanol–water partition coefficient (Wildman–Crippen LogP) is 2.39. The number of rotatable bonds is 3. The van der Waals surface area contributed by atoms with Crippen molar-refractivity contribution in [1.29, 1.82) is 0 Å². The predicted molar refractivity (Wildman–Crippen MR) is 78.1 cm³/mol. The molecule has 2 fully saturated rings. The van der Waals surface area contributed by atoms with Crippen molar-refractivity contribution in [2.24, 2.45) is 11.3 Å². The Labute approximate surface area is 128 Å². The summed E-state index contributed by atoms with van der Waals surface area (Å²) >= 11 is 0. The molecule has 1 aromatic rings. The van der Waals surface area contributed by atoms with Gasteiger partial charge in [0.1, 0.15) is 0 Å². The van der Waals surface area contributed by atoms with Crippen LogP contribution in [0.2, 0.25) is 0 Å². The Hall–Kier alpha value is -1.20. The first-order valence-electron chi connectivity index (χ1n) is 7.03. The van der Waals surface area contributed by atoms with Crippen LogP contribution in [0.3, 0.4) is 0 Å². The van der Waals surface area contributed by atoms with Gasteiger partial charge in [-0.3, -0.25) is 4.79 Å². The number of carbonyl (C=O) groups excluding carboxylic acids is 1. The van der Waals surface area contributed by atoms with Crippen molar-refractivity contribution in [3.63, 3.8) is 0 Å². The first kappa shape index (κ1) is 16.2. The van der Waals surface area contributed by atoms with Crippen molar-refractivity contribution in [3.8, 4) is 0 Å². The Balaban J connectivity index is 0.00000161. The minimum atomic E-state index is -0.877. The number of hydrogen-bond donors (Lipinski definition) is 2. The molecule has 0 radical (unpaired) electrons. The lowest BCUT2D eigenvalue weighted by Crippen LogP contribution is -2.33. The molecule has 0 aromatic heterocycles. The molecule has 3 nitrogen and oxygen atoms in total. The topological polar surface area (TPSA) is 41.1 Å². The summed E-state index contributed by atoms with van der Waals surface area (Å²) in [4.78, 5) is 12.1. The van der Waals surface area contributed by atoms with Crippen LogP contribution in [0, 0.1) is 23.0 Å². The van der Waals surface area contributed by atoms with Gasteiger partial charge in [-0.25, -0.2) is 8.78 Å². The second-order valence-corrected chi connectivity index (χ2v) is 5.84. The van der Waals surface area contributed by atoms with Crippen LogP contribution in [0.5, 0.6) is 0 Å². The summed E-state index contributed by atoms with van der Waals surface area (Å²) in [5, 5.41) is 6.13. The van der Waals surface area contributed by atoms with E-state index in [4.69, 9.17) is 0 Å². The average Bonchev–Trinajstić information content (AvgIpc) is 3.14. The van der Waals surface area contributed by atoms with Crippen molar-refractivity contribution < 1.29 is 13.6 Å². The molecule has 1 aliphatic carbocycles. The van der Waals surface area contributed by atoms with Crippen LogP contribution in [0.25, 0.3) is 0 Å². The van der Waals surface area contributed by atoms with E-state index < -0.39 is 11.6 Å². The Morgan fingerprint density at radius 2 is 2.00 bits per heavy atom. The molecular formula is C15H19ClF2N2O. The van der Waals surface area contributed by atoms with Gasteiger partial charge in [0.05, 0.1) is 0 Å². The Kier molecular flexibility index (Phi) is 4.84. The molecule has 1 spiro atoms. The minimum absolute atomic E-state index is 0. The zero-order valence-corrected chi connectivity index (χ0v) is 12.4. The minimum Gasteiger partial charge on any atom is -0.352 e. The van der Waals surface area contributed by atoms with Gasteiger partial charge in [-0.15, -0.1) is 12.4 Å².